The molecule has 0 spiro atoms. The van der Waals surface area contributed by atoms with Gasteiger partial charge < -0.3 is 19.5 Å². The molecule has 0 aliphatic carbocycles. The van der Waals surface area contributed by atoms with E-state index in [1.807, 2.05) is 48.7 Å². The molecule has 4 aromatic rings. The number of halogens is 1. The fourth-order valence-corrected chi connectivity index (χ4v) is 5.05. The molecule has 1 aliphatic rings. The van der Waals surface area contributed by atoms with Crippen molar-refractivity contribution < 1.29 is 9.53 Å². The Morgan fingerprint density at radius 2 is 1.83 bits per heavy atom. The SMILES string of the molecule is COC(=O)c1ccc(-n2cccc2[C@@H]2[C@@H](c3ccccn3)NC(=S)N2c2ccc(Br)c(C)c2)cc1. The van der Waals surface area contributed by atoms with Gasteiger partial charge in [0.25, 0.3) is 0 Å². The molecular weight excluding hydrogens is 524 g/mol. The Labute approximate surface area is 217 Å². The van der Waals surface area contributed by atoms with Crippen molar-refractivity contribution in [3.05, 3.63) is 112 Å². The topological polar surface area (TPSA) is 59.4 Å². The number of anilines is 1. The molecular formula is C27H23BrN4O2S. The Hall–Kier alpha value is -3.49. The van der Waals surface area contributed by atoms with Crippen LogP contribution in [0.15, 0.2) is 89.7 Å². The van der Waals surface area contributed by atoms with Crippen molar-refractivity contribution in [1.29, 1.82) is 0 Å². The largest absolute Gasteiger partial charge is 0.465 e. The molecule has 2 aromatic carbocycles. The number of carbonyl (C=O) groups excluding carboxylic acids is 1. The molecule has 6 nitrogen and oxygen atoms in total. The maximum absolute atomic E-state index is 11.9. The van der Waals surface area contributed by atoms with Crippen molar-refractivity contribution in [3.8, 4) is 5.69 Å². The number of rotatable bonds is 5. The van der Waals surface area contributed by atoms with Gasteiger partial charge in [0.15, 0.2) is 5.11 Å². The Bertz CT molecular complexity index is 1390. The van der Waals surface area contributed by atoms with Crippen molar-refractivity contribution in [3.63, 3.8) is 0 Å². The number of hydrogen-bond acceptors (Lipinski definition) is 4. The van der Waals surface area contributed by atoms with Gasteiger partial charge in [-0.25, -0.2) is 4.79 Å². The molecule has 0 amide bonds. The summed E-state index contributed by atoms with van der Waals surface area (Å²) in [7, 11) is 1.38. The number of carbonyl (C=O) groups is 1. The van der Waals surface area contributed by atoms with E-state index in [1.54, 1.807) is 18.3 Å². The number of pyridine rings is 1. The van der Waals surface area contributed by atoms with Gasteiger partial charge in [-0.15, -0.1) is 0 Å². The van der Waals surface area contributed by atoms with Crippen LogP contribution in [-0.2, 0) is 4.74 Å². The lowest BCUT2D eigenvalue weighted by Gasteiger charge is -2.29. The average Bonchev–Trinajstić information content (AvgIpc) is 3.50. The van der Waals surface area contributed by atoms with Crippen LogP contribution in [0.3, 0.4) is 0 Å². The van der Waals surface area contributed by atoms with E-state index in [2.05, 4.69) is 60.8 Å². The standard InChI is InChI=1S/C27H23BrN4O2S/c1-17-16-20(12-13-21(17)28)32-25(24(30-27(32)35)22-6-3-4-14-29-22)23-7-5-15-31(23)19-10-8-18(9-11-19)26(33)34-2/h3-16,24-25H,1-2H3,(H,30,35)/t24-,25-/m1/s1. The molecule has 0 radical (unpaired) electrons. The van der Waals surface area contributed by atoms with E-state index in [0.717, 1.165) is 32.8 Å². The first-order valence-electron chi connectivity index (χ1n) is 11.1. The van der Waals surface area contributed by atoms with Crippen LogP contribution in [0.5, 0.6) is 0 Å². The molecule has 8 heteroatoms. The van der Waals surface area contributed by atoms with Crippen LogP contribution in [0, 0.1) is 6.92 Å². The number of nitrogens with zero attached hydrogens (tertiary/aromatic N) is 3. The number of benzene rings is 2. The summed E-state index contributed by atoms with van der Waals surface area (Å²) in [5.41, 5.74) is 5.51. The number of hydrogen-bond donors (Lipinski definition) is 1. The van der Waals surface area contributed by atoms with Crippen molar-refractivity contribution in [2.24, 2.45) is 0 Å². The van der Waals surface area contributed by atoms with E-state index in [0.29, 0.717) is 10.7 Å². The van der Waals surface area contributed by atoms with E-state index < -0.39 is 0 Å². The number of nitrogens with one attached hydrogen (secondary N) is 1. The third-order valence-electron chi connectivity index (χ3n) is 6.17. The Morgan fingerprint density at radius 3 is 2.51 bits per heavy atom. The van der Waals surface area contributed by atoms with Gasteiger partial charge in [0.2, 0.25) is 0 Å². The summed E-state index contributed by atoms with van der Waals surface area (Å²) in [6.45, 7) is 2.07. The third-order valence-corrected chi connectivity index (χ3v) is 7.37. The molecule has 2 atom stereocenters. The first kappa shape index (κ1) is 23.3. The summed E-state index contributed by atoms with van der Waals surface area (Å²) in [6, 6.07) is 23.3. The fraction of sp³-hybridized carbons (Fsp3) is 0.148. The first-order valence-corrected chi connectivity index (χ1v) is 12.3. The van der Waals surface area contributed by atoms with Crippen molar-refractivity contribution in [2.45, 2.75) is 19.0 Å². The molecule has 0 bridgehead atoms. The lowest BCUT2D eigenvalue weighted by molar-refractivity contribution is 0.0600. The second kappa shape index (κ2) is 9.64. The van der Waals surface area contributed by atoms with Gasteiger partial charge in [0.1, 0.15) is 6.04 Å². The molecule has 5 rings (SSSR count). The first-order chi connectivity index (χ1) is 17.0. The summed E-state index contributed by atoms with van der Waals surface area (Å²) < 4.78 is 8.01. The highest BCUT2D eigenvalue weighted by Gasteiger charge is 2.42. The van der Waals surface area contributed by atoms with Crippen LogP contribution in [-0.4, -0.2) is 27.7 Å². The number of methoxy groups -OCH3 is 1. The van der Waals surface area contributed by atoms with Gasteiger partial charge in [0, 0.05) is 33.9 Å². The second-order valence-corrected chi connectivity index (χ2v) is 9.51. The second-order valence-electron chi connectivity index (χ2n) is 8.27. The highest BCUT2D eigenvalue weighted by molar-refractivity contribution is 9.10. The van der Waals surface area contributed by atoms with Gasteiger partial charge in [-0.1, -0.05) is 22.0 Å². The summed E-state index contributed by atoms with van der Waals surface area (Å²) in [5.74, 6) is -0.360. The Morgan fingerprint density at radius 1 is 1.06 bits per heavy atom. The predicted molar refractivity (Wildman–Crippen MR) is 144 cm³/mol. The number of aryl methyl sites for hydroxylation is 1. The minimum atomic E-state index is -0.360. The molecule has 0 saturated carbocycles. The highest BCUT2D eigenvalue weighted by atomic mass is 79.9. The molecule has 0 unspecified atom stereocenters. The quantitative estimate of drug-likeness (QED) is 0.248. The number of aromatic nitrogens is 2. The number of thiocarbonyl (C=S) groups is 1. The predicted octanol–water partition coefficient (Wildman–Crippen LogP) is 5.91. The molecule has 3 heterocycles. The Balaban J connectivity index is 1.63. The summed E-state index contributed by atoms with van der Waals surface area (Å²) >= 11 is 9.47. The van der Waals surface area contributed by atoms with Crippen LogP contribution in [0.1, 0.15) is 39.4 Å². The molecule has 2 aromatic heterocycles. The zero-order valence-electron chi connectivity index (χ0n) is 19.2. The molecule has 176 valence electrons. The fourth-order valence-electron chi connectivity index (χ4n) is 4.46. The summed E-state index contributed by atoms with van der Waals surface area (Å²) in [5, 5.41) is 4.15. The minimum absolute atomic E-state index is 0.157. The summed E-state index contributed by atoms with van der Waals surface area (Å²) in [6.07, 6.45) is 3.82. The van der Waals surface area contributed by atoms with Gasteiger partial charge in [-0.3, -0.25) is 4.98 Å². The van der Waals surface area contributed by atoms with Crippen molar-refractivity contribution in [2.75, 3.05) is 12.0 Å². The van der Waals surface area contributed by atoms with Crippen molar-refractivity contribution in [1.82, 2.24) is 14.9 Å². The summed E-state index contributed by atoms with van der Waals surface area (Å²) in [4.78, 5) is 18.7. The van der Waals surface area contributed by atoms with E-state index in [1.165, 1.54) is 7.11 Å². The van der Waals surface area contributed by atoms with Gasteiger partial charge in [0.05, 0.1) is 24.4 Å². The smallest absolute Gasteiger partial charge is 0.337 e. The van der Waals surface area contributed by atoms with E-state index in [4.69, 9.17) is 17.0 Å². The molecule has 1 saturated heterocycles. The zero-order chi connectivity index (χ0) is 24.5. The maximum atomic E-state index is 11.9. The van der Waals surface area contributed by atoms with E-state index >= 15 is 0 Å². The Kier molecular flexibility index (Phi) is 6.40. The van der Waals surface area contributed by atoms with Gasteiger partial charge in [-0.05, 0) is 91.4 Å². The molecule has 1 N–H and O–H groups in total. The number of ether oxygens (including phenoxy) is 1. The molecule has 35 heavy (non-hydrogen) atoms. The van der Waals surface area contributed by atoms with E-state index in [9.17, 15) is 4.79 Å². The van der Waals surface area contributed by atoms with Crippen LogP contribution >= 0.6 is 28.1 Å². The lowest BCUT2D eigenvalue weighted by atomic mass is 10.0. The van der Waals surface area contributed by atoms with E-state index in [-0.39, 0.29) is 18.1 Å². The minimum Gasteiger partial charge on any atom is -0.465 e. The molecule has 1 aliphatic heterocycles. The highest BCUT2D eigenvalue weighted by Crippen LogP contribution is 2.42. The van der Waals surface area contributed by atoms with Gasteiger partial charge >= 0.3 is 5.97 Å². The van der Waals surface area contributed by atoms with Crippen LogP contribution in [0.4, 0.5) is 5.69 Å². The van der Waals surface area contributed by atoms with Crippen LogP contribution in [0.2, 0.25) is 0 Å². The van der Waals surface area contributed by atoms with Gasteiger partial charge in [-0.2, -0.15) is 0 Å². The molecule has 1 fully saturated rings. The van der Waals surface area contributed by atoms with Crippen molar-refractivity contribution >= 4 is 44.9 Å². The number of esters is 1. The third kappa shape index (κ3) is 4.35. The normalized spacial score (nSPS) is 17.3. The zero-order valence-corrected chi connectivity index (χ0v) is 21.6. The van der Waals surface area contributed by atoms with Crippen LogP contribution in [0.25, 0.3) is 5.69 Å². The average molecular weight is 547 g/mol. The maximum Gasteiger partial charge on any atom is 0.337 e. The monoisotopic (exact) mass is 546 g/mol. The lowest BCUT2D eigenvalue weighted by Crippen LogP contribution is -2.30. The van der Waals surface area contributed by atoms with Crippen LogP contribution < -0.4 is 10.2 Å².